The van der Waals surface area contributed by atoms with Crippen LogP contribution in [0.5, 0.6) is 0 Å². The Morgan fingerprint density at radius 3 is 2.86 bits per heavy atom. The third-order valence-electron chi connectivity index (χ3n) is 1.89. The Bertz CT molecular complexity index is 316. The lowest BCUT2D eigenvalue weighted by atomic mass is 10.0. The van der Waals surface area contributed by atoms with E-state index in [1.54, 1.807) is 19.4 Å². The van der Waals surface area contributed by atoms with Crippen LogP contribution in [0.4, 0.5) is 0 Å². The van der Waals surface area contributed by atoms with Gasteiger partial charge in [-0.05, 0) is 12.5 Å². The third-order valence-corrected chi connectivity index (χ3v) is 1.89. The predicted molar refractivity (Wildman–Crippen MR) is 52.7 cm³/mol. The first-order chi connectivity index (χ1) is 6.65. The minimum absolute atomic E-state index is 0.286. The maximum atomic E-state index is 11.4. The van der Waals surface area contributed by atoms with E-state index in [0.717, 1.165) is 0 Å². The van der Waals surface area contributed by atoms with Crippen molar-refractivity contribution < 1.29 is 9.59 Å². The molecular formula is C10H13N2O2. The fourth-order valence-electron chi connectivity index (χ4n) is 1.09. The lowest BCUT2D eigenvalue weighted by Gasteiger charge is -2.11. The molecule has 0 aromatic carbocycles. The lowest BCUT2D eigenvalue weighted by Crippen LogP contribution is -2.32. The van der Waals surface area contributed by atoms with E-state index in [9.17, 15) is 9.59 Å². The number of allylic oxidation sites excluding steroid dienone is 2. The Labute approximate surface area is 82.9 Å². The fourth-order valence-corrected chi connectivity index (χ4v) is 1.09. The highest BCUT2D eigenvalue weighted by atomic mass is 16.2. The number of nitrogens with one attached hydrogen (secondary N) is 1. The van der Waals surface area contributed by atoms with Crippen LogP contribution in [0.25, 0.3) is 0 Å². The van der Waals surface area contributed by atoms with E-state index in [-0.39, 0.29) is 12.3 Å². The number of nitrogens with two attached hydrogens (primary N) is 1. The van der Waals surface area contributed by atoms with Crippen LogP contribution in [0, 0.1) is 6.42 Å². The molecule has 0 aromatic heterocycles. The van der Waals surface area contributed by atoms with Crippen molar-refractivity contribution in [3.8, 4) is 0 Å². The van der Waals surface area contributed by atoms with E-state index in [0.29, 0.717) is 17.7 Å². The summed E-state index contributed by atoms with van der Waals surface area (Å²) in [5.41, 5.74) is 6.37. The van der Waals surface area contributed by atoms with E-state index in [1.165, 1.54) is 0 Å². The highest BCUT2D eigenvalue weighted by molar-refractivity contribution is 6.06. The summed E-state index contributed by atoms with van der Waals surface area (Å²) in [5.74, 6) is -0.711. The monoisotopic (exact) mass is 193 g/mol. The first kappa shape index (κ1) is 10.5. The Morgan fingerprint density at radius 1 is 1.57 bits per heavy atom. The molecule has 0 unspecified atom stereocenters. The summed E-state index contributed by atoms with van der Waals surface area (Å²) in [6, 6.07) is 0. The van der Waals surface area contributed by atoms with Crippen LogP contribution in [0.15, 0.2) is 23.4 Å². The summed E-state index contributed by atoms with van der Waals surface area (Å²) in [5, 5.41) is 2.25. The van der Waals surface area contributed by atoms with Crippen LogP contribution < -0.4 is 11.1 Å². The van der Waals surface area contributed by atoms with Gasteiger partial charge in [0.2, 0.25) is 5.91 Å². The van der Waals surface area contributed by atoms with Gasteiger partial charge in [-0.1, -0.05) is 13.0 Å². The van der Waals surface area contributed by atoms with E-state index in [1.807, 2.05) is 6.08 Å². The molecule has 14 heavy (non-hydrogen) atoms. The van der Waals surface area contributed by atoms with Gasteiger partial charge in [-0.3, -0.25) is 14.9 Å². The minimum atomic E-state index is -0.418. The number of hydrogen-bond acceptors (Lipinski definition) is 3. The molecule has 4 heteroatoms. The molecule has 1 radical (unpaired) electrons. The number of carbonyl (C=O) groups excluding carboxylic acids is 2. The average molecular weight is 193 g/mol. The van der Waals surface area contributed by atoms with E-state index in [2.05, 4.69) is 5.32 Å². The number of hydrogen-bond donors (Lipinski definition) is 2. The topological polar surface area (TPSA) is 72.2 Å². The summed E-state index contributed by atoms with van der Waals surface area (Å²) in [4.78, 5) is 22.4. The molecule has 0 atom stereocenters. The molecule has 4 nitrogen and oxygen atoms in total. The van der Waals surface area contributed by atoms with Crippen LogP contribution in [0.2, 0.25) is 0 Å². The van der Waals surface area contributed by atoms with Crippen LogP contribution in [-0.2, 0) is 9.59 Å². The molecular weight excluding hydrogens is 180 g/mol. The van der Waals surface area contributed by atoms with Crippen LogP contribution in [0.3, 0.4) is 0 Å². The largest absolute Gasteiger partial charge is 0.398 e. The van der Waals surface area contributed by atoms with Crippen molar-refractivity contribution in [3.63, 3.8) is 0 Å². The zero-order valence-electron chi connectivity index (χ0n) is 8.04. The number of rotatable bonds is 2. The molecule has 0 aromatic rings. The second kappa shape index (κ2) is 4.60. The summed E-state index contributed by atoms with van der Waals surface area (Å²) in [7, 11) is 0. The normalized spacial score (nSPS) is 15.5. The molecule has 75 valence electrons. The van der Waals surface area contributed by atoms with Gasteiger partial charge in [-0.2, -0.15) is 0 Å². The molecule has 0 saturated carbocycles. The number of carbonyl (C=O) groups is 2. The highest BCUT2D eigenvalue weighted by Crippen LogP contribution is 2.14. The van der Waals surface area contributed by atoms with Gasteiger partial charge in [-0.15, -0.1) is 0 Å². The molecule has 0 saturated heterocycles. The molecule has 1 aliphatic rings. The van der Waals surface area contributed by atoms with Crippen molar-refractivity contribution in [1.29, 1.82) is 0 Å². The summed E-state index contributed by atoms with van der Waals surface area (Å²) in [6.07, 6.45) is 6.19. The Morgan fingerprint density at radius 2 is 2.29 bits per heavy atom. The van der Waals surface area contributed by atoms with Crippen molar-refractivity contribution in [2.24, 2.45) is 5.73 Å². The molecule has 0 spiro atoms. The Hall–Kier alpha value is -1.58. The Kier molecular flexibility index (Phi) is 3.45. The Balaban J connectivity index is 2.69. The lowest BCUT2D eigenvalue weighted by molar-refractivity contribution is -0.128. The SMILES string of the molecule is CCC(=O)NC(=O)C1=C(N)C=CC[CH]1. The van der Waals surface area contributed by atoms with Gasteiger partial charge >= 0.3 is 0 Å². The number of amides is 2. The maximum Gasteiger partial charge on any atom is 0.256 e. The van der Waals surface area contributed by atoms with Crippen LogP contribution in [-0.4, -0.2) is 11.8 Å². The molecule has 3 N–H and O–H groups in total. The molecule has 0 bridgehead atoms. The van der Waals surface area contributed by atoms with Gasteiger partial charge in [0, 0.05) is 24.1 Å². The second-order valence-electron chi connectivity index (χ2n) is 2.94. The third kappa shape index (κ3) is 2.45. The van der Waals surface area contributed by atoms with E-state index in [4.69, 9.17) is 5.73 Å². The van der Waals surface area contributed by atoms with Gasteiger partial charge < -0.3 is 5.73 Å². The smallest absolute Gasteiger partial charge is 0.256 e. The zero-order chi connectivity index (χ0) is 10.6. The van der Waals surface area contributed by atoms with Gasteiger partial charge in [0.05, 0.1) is 0 Å². The first-order valence-electron chi connectivity index (χ1n) is 4.48. The van der Waals surface area contributed by atoms with Crippen LogP contribution >= 0.6 is 0 Å². The quantitative estimate of drug-likeness (QED) is 0.667. The van der Waals surface area contributed by atoms with Crippen molar-refractivity contribution in [2.75, 3.05) is 0 Å². The average Bonchev–Trinajstić information content (AvgIpc) is 2.18. The molecule has 1 aliphatic carbocycles. The molecule has 2 amide bonds. The van der Waals surface area contributed by atoms with Crippen molar-refractivity contribution in [2.45, 2.75) is 19.8 Å². The molecule has 1 rings (SSSR count). The van der Waals surface area contributed by atoms with Crippen molar-refractivity contribution >= 4 is 11.8 Å². The summed E-state index contributed by atoms with van der Waals surface area (Å²) >= 11 is 0. The van der Waals surface area contributed by atoms with E-state index >= 15 is 0 Å². The first-order valence-corrected chi connectivity index (χ1v) is 4.48. The van der Waals surface area contributed by atoms with Gasteiger partial charge in [0.25, 0.3) is 5.91 Å². The summed E-state index contributed by atoms with van der Waals surface area (Å²) < 4.78 is 0. The fraction of sp³-hybridized carbons (Fsp3) is 0.300. The molecule has 0 fully saturated rings. The van der Waals surface area contributed by atoms with Crippen molar-refractivity contribution in [1.82, 2.24) is 5.32 Å². The second-order valence-corrected chi connectivity index (χ2v) is 2.94. The maximum absolute atomic E-state index is 11.4. The van der Waals surface area contributed by atoms with Gasteiger partial charge in [0.15, 0.2) is 0 Å². The zero-order valence-corrected chi connectivity index (χ0v) is 8.04. The van der Waals surface area contributed by atoms with Crippen molar-refractivity contribution in [3.05, 3.63) is 29.8 Å². The van der Waals surface area contributed by atoms with E-state index < -0.39 is 5.91 Å². The highest BCUT2D eigenvalue weighted by Gasteiger charge is 2.16. The predicted octanol–water partition coefficient (Wildman–Crippen LogP) is 0.416. The van der Waals surface area contributed by atoms with Gasteiger partial charge in [0.1, 0.15) is 0 Å². The summed E-state index contributed by atoms with van der Waals surface area (Å²) in [6.45, 7) is 1.69. The standard InChI is InChI=1S/C10H13N2O2/c1-2-9(13)12-10(14)7-5-3-4-6-8(7)11/h4-6H,2-3,11H2,1H3,(H,12,13,14). The van der Waals surface area contributed by atoms with Gasteiger partial charge in [-0.25, -0.2) is 0 Å². The van der Waals surface area contributed by atoms with Crippen LogP contribution in [0.1, 0.15) is 19.8 Å². The molecule has 0 heterocycles. The minimum Gasteiger partial charge on any atom is -0.398 e. The number of imide groups is 1. The molecule has 0 aliphatic heterocycles.